The number of hydrogen-bond donors (Lipinski definition) is 5. The molecule has 0 saturated heterocycles. The Morgan fingerprint density at radius 2 is 0.683 bits per heavy atom. The first kappa shape index (κ1) is 104. The van der Waals surface area contributed by atoms with Crippen molar-refractivity contribution in [3.05, 3.63) is 61.8 Å². The molecule has 0 aromatic heterocycles. The summed E-state index contributed by atoms with van der Waals surface area (Å²) in [5, 5.41) is 0. The van der Waals surface area contributed by atoms with Gasteiger partial charge in [-0.3, -0.25) is 59.9 Å². The minimum Gasteiger partial charge on any atom is -0.462 e. The predicted octanol–water partition coefficient (Wildman–Crippen LogP) is 8.57. The van der Waals surface area contributed by atoms with Gasteiger partial charge in [0.15, 0.2) is 24.4 Å². The van der Waals surface area contributed by atoms with Crippen molar-refractivity contribution in [3.63, 3.8) is 0 Å². The third kappa shape index (κ3) is 66.2. The molecule has 0 saturated carbocycles. The molecule has 5 N–H and O–H groups in total. The standard InChI is InChI=1S/C13H23O8P.2C12H21O8P.C11H19O8P.C10H19O6P/c1-5-7-19-22(16,17)20-9-11(21-12(14)6-2)8-18-13(15)10(3)4;2*1-4-7-18-21(15,16)19-9-10(20-12(14)6-3)8-17-11(13)5-2;1-5-10(12)17-6-9(19-11(13)8(2)3)7-18-20(14,15)16-4;1-8(2)9(11)14-7-16-17(12,13)15-6-10(3,4)5/h11H,3,5-9H2,1-2,4H3,(H,16,17);6,10H,3-5,7-9H2,1-2H3,(H,15,16);5,10H,2,4,6-9H2,1,3H3,(H,15,16);9H,2,5-7H2,1,3-4H3,(H,14,15);1,6-7H2,2-5H3,(H,12,13). The van der Waals surface area contributed by atoms with Crippen LogP contribution in [-0.2, 0) is 154 Å². The molecule has 43 heteroatoms. The van der Waals surface area contributed by atoms with Crippen LogP contribution in [0.15, 0.2) is 61.8 Å². The number of hydrogen-bond acceptors (Lipinski definition) is 33. The quantitative estimate of drug-likeness (QED) is 0.0125. The van der Waals surface area contributed by atoms with Crippen molar-refractivity contribution >= 4 is 92.8 Å². The van der Waals surface area contributed by atoms with Gasteiger partial charge in [0.2, 0.25) is 6.79 Å². The van der Waals surface area contributed by atoms with Crippen molar-refractivity contribution in [2.24, 2.45) is 5.41 Å². The zero-order valence-corrected chi connectivity index (χ0v) is 64.1. The van der Waals surface area contributed by atoms with Crippen LogP contribution in [0.4, 0.5) is 0 Å². The summed E-state index contributed by atoms with van der Waals surface area (Å²) in [6.07, 6.45) is -0.0887. The first-order chi connectivity index (χ1) is 46.6. The Morgan fingerprint density at radius 1 is 0.376 bits per heavy atom. The van der Waals surface area contributed by atoms with E-state index in [9.17, 15) is 85.5 Å². The number of esters is 9. The second-order valence-corrected chi connectivity index (χ2v) is 28.2. The summed E-state index contributed by atoms with van der Waals surface area (Å²) in [7, 11) is -20.1. The minimum absolute atomic E-state index is 0.0508. The van der Waals surface area contributed by atoms with Gasteiger partial charge in [-0.1, -0.05) is 102 Å². The fraction of sp³-hybridized carbons (Fsp3) is 0.672. The number of carbonyl (C=O) groups excluding carboxylic acids is 9. The van der Waals surface area contributed by atoms with Crippen LogP contribution in [0.2, 0.25) is 0 Å². The van der Waals surface area contributed by atoms with Crippen LogP contribution in [0.1, 0.15) is 135 Å². The van der Waals surface area contributed by atoms with Gasteiger partial charge in [0.1, 0.15) is 26.4 Å². The number of ether oxygens (including phenoxy) is 9. The minimum atomic E-state index is -4.23. The van der Waals surface area contributed by atoms with E-state index in [-0.39, 0.29) is 101 Å². The molecule has 0 spiro atoms. The van der Waals surface area contributed by atoms with Gasteiger partial charge in [-0.05, 0) is 45.4 Å². The molecule has 38 nitrogen and oxygen atoms in total. The molecule has 9 unspecified atom stereocenters. The van der Waals surface area contributed by atoms with Crippen LogP contribution in [-0.4, -0.2) is 196 Å². The Balaban J connectivity index is -0.000000381. The van der Waals surface area contributed by atoms with E-state index < -0.39 is 150 Å². The molecule has 0 heterocycles. The second kappa shape index (κ2) is 57.8. The van der Waals surface area contributed by atoms with Crippen LogP contribution >= 0.6 is 39.1 Å². The highest BCUT2D eigenvalue weighted by Gasteiger charge is 2.30. The van der Waals surface area contributed by atoms with E-state index in [0.29, 0.717) is 19.3 Å². The molecule has 0 aliphatic heterocycles. The van der Waals surface area contributed by atoms with E-state index in [4.69, 9.17) is 60.9 Å². The Morgan fingerprint density at radius 3 is 1.00 bits per heavy atom. The maximum absolute atomic E-state index is 11.5. The summed E-state index contributed by atoms with van der Waals surface area (Å²) >= 11 is 0. The summed E-state index contributed by atoms with van der Waals surface area (Å²) in [4.78, 5) is 147. The van der Waals surface area contributed by atoms with Gasteiger partial charge in [0.25, 0.3) is 0 Å². The molecule has 101 heavy (non-hydrogen) atoms. The van der Waals surface area contributed by atoms with Crippen molar-refractivity contribution in [1.29, 1.82) is 0 Å². The van der Waals surface area contributed by atoms with Crippen LogP contribution in [0.25, 0.3) is 0 Å². The molecule has 0 aromatic carbocycles. The van der Waals surface area contributed by atoms with Crippen molar-refractivity contribution in [3.8, 4) is 0 Å². The lowest BCUT2D eigenvalue weighted by Crippen LogP contribution is -2.29. The highest BCUT2D eigenvalue weighted by molar-refractivity contribution is 7.48. The summed E-state index contributed by atoms with van der Waals surface area (Å²) < 4.78 is 146. The topological polar surface area (TPSA) is 516 Å². The first-order valence-corrected chi connectivity index (χ1v) is 38.0. The van der Waals surface area contributed by atoms with Crippen molar-refractivity contribution in [2.45, 2.75) is 159 Å². The number of phosphoric ester groups is 5. The Kier molecular flexibility index (Phi) is 59.6. The average Bonchev–Trinajstić information content (AvgIpc) is 1.01. The molecule has 0 aliphatic carbocycles. The molecule has 0 fully saturated rings. The molecule has 0 radical (unpaired) electrons. The van der Waals surface area contributed by atoms with Gasteiger partial charge in [0.05, 0.1) is 52.9 Å². The summed E-state index contributed by atoms with van der Waals surface area (Å²) in [6.45, 7) is 34.7. The summed E-state index contributed by atoms with van der Waals surface area (Å²) in [5.74, 6) is -5.66. The Labute approximate surface area is 588 Å². The molecular weight excluding hydrogens is 1460 g/mol. The van der Waals surface area contributed by atoms with Crippen LogP contribution in [0.5, 0.6) is 0 Å². The Bertz CT molecular complexity index is 2820. The summed E-state index contributed by atoms with van der Waals surface area (Å²) in [5.41, 5.74) is 0.226. The van der Waals surface area contributed by atoms with Crippen LogP contribution < -0.4 is 0 Å². The molecule has 0 aromatic rings. The van der Waals surface area contributed by atoms with E-state index in [0.717, 1.165) is 19.3 Å². The van der Waals surface area contributed by atoms with Gasteiger partial charge in [0, 0.05) is 61.7 Å². The van der Waals surface area contributed by atoms with Crippen molar-refractivity contribution < 1.29 is 178 Å². The Hall–Kier alpha value is -5.52. The second-order valence-electron chi connectivity index (χ2n) is 20.8. The normalized spacial score (nSPS) is 14.9. The third-order valence-electron chi connectivity index (χ3n) is 9.73. The summed E-state index contributed by atoms with van der Waals surface area (Å²) in [6, 6.07) is 0. The van der Waals surface area contributed by atoms with Crippen LogP contribution in [0.3, 0.4) is 0 Å². The number of phosphoric acid groups is 5. The van der Waals surface area contributed by atoms with Crippen molar-refractivity contribution in [2.75, 3.05) is 93.2 Å². The van der Waals surface area contributed by atoms with Gasteiger partial charge in [-0.15, -0.1) is 0 Å². The molecule has 9 atom stereocenters. The maximum atomic E-state index is 11.5. The van der Waals surface area contributed by atoms with Crippen LogP contribution in [0, 0.1) is 5.41 Å². The first-order valence-electron chi connectivity index (χ1n) is 30.5. The smallest absolute Gasteiger partial charge is 0.462 e. The lowest BCUT2D eigenvalue weighted by Gasteiger charge is -2.20. The molecule has 0 aliphatic rings. The molecule has 588 valence electrons. The monoisotopic (exact) mass is 1560 g/mol. The molecule has 0 amide bonds. The van der Waals surface area contributed by atoms with E-state index in [2.05, 4.69) is 64.8 Å². The molecular formula is C58H103O38P5. The van der Waals surface area contributed by atoms with E-state index in [1.807, 2.05) is 20.8 Å². The van der Waals surface area contributed by atoms with Gasteiger partial charge in [-0.2, -0.15) is 0 Å². The van der Waals surface area contributed by atoms with Crippen molar-refractivity contribution in [1.82, 2.24) is 0 Å². The third-order valence-corrected chi connectivity index (χ3v) is 14.5. The maximum Gasteiger partial charge on any atom is 0.475 e. The average molecular weight is 1560 g/mol. The highest BCUT2D eigenvalue weighted by atomic mass is 31.2. The fourth-order valence-corrected chi connectivity index (χ4v) is 8.44. The van der Waals surface area contributed by atoms with Gasteiger partial charge < -0.3 is 67.1 Å². The number of carbonyl (C=O) groups is 9. The molecule has 0 bridgehead atoms. The fourth-order valence-electron chi connectivity index (χ4n) is 4.65. The predicted molar refractivity (Wildman–Crippen MR) is 355 cm³/mol. The zero-order chi connectivity index (χ0) is 79.2. The van der Waals surface area contributed by atoms with E-state index in [1.54, 1.807) is 48.5 Å². The van der Waals surface area contributed by atoms with Gasteiger partial charge in [-0.25, -0.2) is 51.3 Å². The SMILES string of the molecule is C=C(C)C(=O)OC(COC(=O)CC)COP(=O)(O)OC.C=C(C)C(=O)OCC(COP(=O)(O)OCCC)OC(=O)CC.C=C(C)C(=O)OCOP(=O)(O)OCC(C)(C)C.C=CC(=O)OC(COC(=O)CC)COP(=O)(O)OCCC.C=CC(=O)OCC(COP(=O)(O)OCCC)OC(=O)CC. The van der Waals surface area contributed by atoms with E-state index >= 15 is 0 Å². The lowest BCUT2D eigenvalue weighted by molar-refractivity contribution is -0.159. The lowest BCUT2D eigenvalue weighted by atomic mass is 9.99. The molecule has 0 rings (SSSR count). The zero-order valence-electron chi connectivity index (χ0n) is 59.6. The largest absolute Gasteiger partial charge is 0.475 e. The number of rotatable bonds is 48. The van der Waals surface area contributed by atoms with E-state index in [1.165, 1.54) is 20.8 Å². The van der Waals surface area contributed by atoms with Gasteiger partial charge >= 0.3 is 92.8 Å². The highest BCUT2D eigenvalue weighted by Crippen LogP contribution is 2.46.